The van der Waals surface area contributed by atoms with Gasteiger partial charge in [0, 0.05) is 34.8 Å². The summed E-state index contributed by atoms with van der Waals surface area (Å²) in [6.07, 6.45) is 6.80. The van der Waals surface area contributed by atoms with Crippen LogP contribution in [-0.4, -0.2) is 80.6 Å². The number of hydrogen-bond donors (Lipinski definition) is 5. The number of aliphatic carboxylic acids is 1. The Morgan fingerprint density at radius 2 is 1.35 bits per heavy atom. The van der Waals surface area contributed by atoms with Crippen LogP contribution in [0.25, 0.3) is 0 Å². The molecule has 194 valence electrons. The normalized spacial score (nSPS) is 30.4. The lowest BCUT2D eigenvalue weighted by atomic mass is 10.0. The largest absolute Gasteiger partial charge is 0.481 e. The third kappa shape index (κ3) is 8.60. The summed E-state index contributed by atoms with van der Waals surface area (Å²) < 4.78 is 4.62. The van der Waals surface area contributed by atoms with Gasteiger partial charge in [-0.3, -0.25) is 9.59 Å². The second-order valence-corrected chi connectivity index (χ2v) is 12.1. The third-order valence-corrected chi connectivity index (χ3v) is 9.84. The molecule has 2 unspecified atom stereocenters. The van der Waals surface area contributed by atoms with Crippen LogP contribution in [0.15, 0.2) is 0 Å². The number of fused-ring (bicyclic) bond motifs is 2. The minimum Gasteiger partial charge on any atom is -0.481 e. The second-order valence-electron chi connectivity index (χ2n) is 8.71. The summed E-state index contributed by atoms with van der Waals surface area (Å²) in [7, 11) is 1.44. The number of thioether (sulfide) groups is 2. The van der Waals surface area contributed by atoms with E-state index in [9.17, 15) is 9.59 Å². The topological polar surface area (TPSA) is 112 Å². The van der Waals surface area contributed by atoms with Crippen LogP contribution in [0.5, 0.6) is 0 Å². The zero-order valence-electron chi connectivity index (χ0n) is 18.8. The highest BCUT2D eigenvalue weighted by Crippen LogP contribution is 2.34. The van der Waals surface area contributed by atoms with Crippen molar-refractivity contribution in [2.45, 2.75) is 93.5 Å². The summed E-state index contributed by atoms with van der Waals surface area (Å²) in [6.45, 7) is 0. The number of hydrogen-bond acceptors (Lipinski definition) is 7. The SMILES string of the molecule is C.COC(=O)CCCC[C@@H]1SCC2NC(=S)N[C@@H]21.O=C(O)CCCC[C@@H]1SCC2NC(=S)N[C@@H]21. The molecule has 0 aromatic heterocycles. The molecule has 0 aromatic carbocycles. The average Bonchev–Trinajstić information content (AvgIpc) is 3.51. The van der Waals surface area contributed by atoms with Crippen LogP contribution in [0.4, 0.5) is 0 Å². The maximum atomic E-state index is 11.0. The molecule has 6 atom stereocenters. The first-order chi connectivity index (χ1) is 15.9. The van der Waals surface area contributed by atoms with Gasteiger partial charge in [-0.15, -0.1) is 0 Å². The molecule has 4 heterocycles. The highest BCUT2D eigenvalue weighted by atomic mass is 32.2. The van der Waals surface area contributed by atoms with Crippen molar-refractivity contribution < 1.29 is 19.4 Å². The van der Waals surface area contributed by atoms with E-state index in [0.717, 1.165) is 60.3 Å². The lowest BCUT2D eigenvalue weighted by molar-refractivity contribution is -0.141. The summed E-state index contributed by atoms with van der Waals surface area (Å²) in [5.41, 5.74) is 0. The van der Waals surface area contributed by atoms with Crippen LogP contribution < -0.4 is 21.3 Å². The molecule has 0 amide bonds. The van der Waals surface area contributed by atoms with E-state index >= 15 is 0 Å². The molecule has 4 aliphatic heterocycles. The van der Waals surface area contributed by atoms with E-state index < -0.39 is 5.97 Å². The summed E-state index contributed by atoms with van der Waals surface area (Å²) in [4.78, 5) is 21.3. The van der Waals surface area contributed by atoms with Gasteiger partial charge in [0.25, 0.3) is 0 Å². The molecule has 0 spiro atoms. The van der Waals surface area contributed by atoms with Crippen LogP contribution in [0.1, 0.15) is 58.8 Å². The van der Waals surface area contributed by atoms with Crippen LogP contribution in [0.3, 0.4) is 0 Å². The zero-order valence-corrected chi connectivity index (χ0v) is 22.1. The van der Waals surface area contributed by atoms with Gasteiger partial charge in [0.1, 0.15) is 0 Å². The highest BCUT2D eigenvalue weighted by molar-refractivity contribution is 8.00. The highest BCUT2D eigenvalue weighted by Gasteiger charge is 2.42. The molecule has 12 heteroatoms. The fourth-order valence-corrected chi connectivity index (χ4v) is 8.29. The van der Waals surface area contributed by atoms with Crippen LogP contribution in [0, 0.1) is 0 Å². The smallest absolute Gasteiger partial charge is 0.305 e. The summed E-state index contributed by atoms with van der Waals surface area (Å²) in [5, 5.41) is 24.5. The molecule has 0 saturated carbocycles. The molecule has 0 aliphatic carbocycles. The average molecular weight is 551 g/mol. The molecule has 34 heavy (non-hydrogen) atoms. The van der Waals surface area contributed by atoms with Gasteiger partial charge < -0.3 is 31.1 Å². The van der Waals surface area contributed by atoms with Gasteiger partial charge in [0.2, 0.25) is 0 Å². The van der Waals surface area contributed by atoms with Gasteiger partial charge in [0.15, 0.2) is 10.2 Å². The lowest BCUT2D eigenvalue weighted by Crippen LogP contribution is -2.36. The molecule has 4 rings (SSSR count). The monoisotopic (exact) mass is 550 g/mol. The van der Waals surface area contributed by atoms with Gasteiger partial charge in [-0.05, 0) is 50.1 Å². The number of carboxylic acid groups (broad SMARTS) is 1. The minimum absolute atomic E-state index is 0. The van der Waals surface area contributed by atoms with Crippen molar-refractivity contribution in [2.24, 2.45) is 0 Å². The van der Waals surface area contributed by atoms with E-state index in [1.165, 1.54) is 7.11 Å². The Balaban J connectivity index is 0.000000234. The van der Waals surface area contributed by atoms with Crippen molar-refractivity contribution >= 4 is 70.1 Å². The Kier molecular flexibility index (Phi) is 12.5. The van der Waals surface area contributed by atoms with Gasteiger partial charge in [-0.2, -0.15) is 23.5 Å². The van der Waals surface area contributed by atoms with Crippen LogP contribution in [0.2, 0.25) is 0 Å². The van der Waals surface area contributed by atoms with Crippen molar-refractivity contribution in [1.29, 1.82) is 0 Å². The molecule has 0 radical (unpaired) electrons. The first kappa shape index (κ1) is 29.3. The molecule has 4 fully saturated rings. The second kappa shape index (κ2) is 14.5. The van der Waals surface area contributed by atoms with E-state index in [4.69, 9.17) is 29.5 Å². The Morgan fingerprint density at radius 3 is 1.79 bits per heavy atom. The fourth-order valence-electron chi connectivity index (χ4n) is 4.62. The van der Waals surface area contributed by atoms with E-state index in [2.05, 4.69) is 26.0 Å². The lowest BCUT2D eigenvalue weighted by Gasteiger charge is -2.16. The molecule has 4 saturated heterocycles. The van der Waals surface area contributed by atoms with Crippen molar-refractivity contribution in [2.75, 3.05) is 18.6 Å². The van der Waals surface area contributed by atoms with Gasteiger partial charge in [-0.1, -0.05) is 20.3 Å². The van der Waals surface area contributed by atoms with E-state index in [1.807, 2.05) is 23.5 Å². The summed E-state index contributed by atoms with van der Waals surface area (Å²) >= 11 is 14.2. The van der Waals surface area contributed by atoms with Crippen molar-refractivity contribution in [3.8, 4) is 0 Å². The van der Waals surface area contributed by atoms with Gasteiger partial charge >= 0.3 is 11.9 Å². The van der Waals surface area contributed by atoms with E-state index in [0.29, 0.717) is 41.1 Å². The number of nitrogens with one attached hydrogen (secondary N) is 4. The number of carbonyl (C=O) groups excluding carboxylic acids is 1. The number of rotatable bonds is 10. The van der Waals surface area contributed by atoms with Gasteiger partial charge in [0.05, 0.1) is 31.3 Å². The molecule has 0 aromatic rings. The minimum atomic E-state index is -0.696. The van der Waals surface area contributed by atoms with Crippen LogP contribution >= 0.6 is 48.0 Å². The van der Waals surface area contributed by atoms with Crippen molar-refractivity contribution in [3.05, 3.63) is 0 Å². The van der Waals surface area contributed by atoms with Crippen molar-refractivity contribution in [3.63, 3.8) is 0 Å². The first-order valence-electron chi connectivity index (χ1n) is 11.5. The third-order valence-electron chi connectivity index (χ3n) is 6.35. The predicted molar refractivity (Wildman–Crippen MR) is 149 cm³/mol. The van der Waals surface area contributed by atoms with E-state index in [-0.39, 0.29) is 19.8 Å². The quantitative estimate of drug-likeness (QED) is 0.157. The number of thiocarbonyl (C=S) groups is 2. The maximum absolute atomic E-state index is 11.0. The van der Waals surface area contributed by atoms with E-state index in [1.54, 1.807) is 0 Å². The molecule has 8 nitrogen and oxygen atoms in total. The molecule has 5 N–H and O–H groups in total. The molecular formula is C22H38N4O4S4. The van der Waals surface area contributed by atoms with Gasteiger partial charge in [-0.25, -0.2) is 0 Å². The number of carbonyl (C=O) groups is 2. The zero-order chi connectivity index (χ0) is 23.8. The number of esters is 1. The summed E-state index contributed by atoms with van der Waals surface area (Å²) in [5.74, 6) is 1.42. The molecule has 4 aliphatic rings. The Hall–Kier alpha value is -0.980. The van der Waals surface area contributed by atoms with Crippen LogP contribution in [-0.2, 0) is 14.3 Å². The Bertz CT molecular complexity index is 729. The fraction of sp³-hybridized carbons (Fsp3) is 0.818. The number of carboxylic acids is 1. The number of methoxy groups -OCH3 is 1. The molecule has 0 bridgehead atoms. The first-order valence-corrected chi connectivity index (χ1v) is 14.4. The van der Waals surface area contributed by atoms with Crippen molar-refractivity contribution in [1.82, 2.24) is 21.3 Å². The predicted octanol–water partition coefficient (Wildman–Crippen LogP) is 2.65. The maximum Gasteiger partial charge on any atom is 0.305 e. The summed E-state index contributed by atoms with van der Waals surface area (Å²) in [6, 6.07) is 1.90. The standard InChI is InChI=1S/C11H18N2O2S2.C10H16N2O2S2.CH4/c1-15-9(14)5-3-2-4-8-10-7(6-17-8)12-11(16)13-10;13-8(14)4-2-1-3-7-9-6(5-16-7)11-10(15)12-9;/h7-8,10H,2-6H2,1H3,(H2,12,13,16);6-7,9H,1-5H2,(H,13,14)(H2,11,12,15);1H4/t7?,8-,10-;6?,7-,9-;/m00./s1. The molecular weight excluding hydrogens is 513 g/mol. The number of ether oxygens (including phenoxy) is 1. The number of unbranched alkanes of at least 4 members (excludes halogenated alkanes) is 2. The Labute approximate surface area is 222 Å². The Morgan fingerprint density at radius 1 is 0.882 bits per heavy atom.